The van der Waals surface area contributed by atoms with E-state index in [-0.39, 0.29) is 28.4 Å². The molecule has 0 heterocycles. The average Bonchev–Trinajstić information content (AvgIpc) is 2.84. The van der Waals surface area contributed by atoms with Crippen molar-refractivity contribution >= 4 is 22.9 Å². The van der Waals surface area contributed by atoms with E-state index < -0.39 is 0 Å². The van der Waals surface area contributed by atoms with Crippen LogP contribution in [0.3, 0.4) is 0 Å². The largest absolute Gasteiger partial charge is 0.507 e. The van der Waals surface area contributed by atoms with Crippen molar-refractivity contribution in [3.8, 4) is 16.9 Å². The summed E-state index contributed by atoms with van der Waals surface area (Å²) in [5.41, 5.74) is 5.71. The lowest BCUT2D eigenvalue weighted by Crippen LogP contribution is -2.22. The number of benzene rings is 4. The van der Waals surface area contributed by atoms with Crippen LogP contribution in [-0.4, -0.2) is 16.7 Å². The maximum atomic E-state index is 13.2. The summed E-state index contributed by atoms with van der Waals surface area (Å²) in [6, 6.07) is 26.2. The van der Waals surface area contributed by atoms with Crippen molar-refractivity contribution in [1.82, 2.24) is 0 Å². The Morgan fingerprint density at radius 2 is 1.25 bits per heavy atom. The van der Waals surface area contributed by atoms with Crippen molar-refractivity contribution < 1.29 is 14.7 Å². The molecule has 0 radical (unpaired) electrons. The fraction of sp³-hybridized carbons (Fsp3) is 0.0714. The smallest absolute Gasteiger partial charge is 0.198 e. The Morgan fingerprint density at radius 1 is 0.688 bits per heavy atom. The minimum atomic E-state index is -0.345. The summed E-state index contributed by atoms with van der Waals surface area (Å²) < 4.78 is 0. The Morgan fingerprint density at radius 3 is 1.84 bits per heavy atom. The number of hydrogen-bond acceptors (Lipinski definition) is 4. The molecular formula is C28H21NO3. The summed E-state index contributed by atoms with van der Waals surface area (Å²) in [6.07, 6.45) is 1.01. The molecule has 0 aromatic heterocycles. The van der Waals surface area contributed by atoms with Crippen LogP contribution in [0.5, 0.6) is 5.75 Å². The van der Waals surface area contributed by atoms with Crippen LogP contribution in [0.25, 0.3) is 11.1 Å². The number of aryl methyl sites for hydroxylation is 1. The molecule has 0 spiro atoms. The zero-order valence-corrected chi connectivity index (χ0v) is 17.6. The zero-order valence-electron chi connectivity index (χ0n) is 17.6. The second kappa shape index (κ2) is 7.82. The van der Waals surface area contributed by atoms with Gasteiger partial charge in [-0.05, 0) is 47.4 Å². The van der Waals surface area contributed by atoms with Crippen molar-refractivity contribution in [2.24, 2.45) is 0 Å². The Bertz CT molecular complexity index is 1350. The number of aromatic hydroxyl groups is 1. The topological polar surface area (TPSA) is 66.4 Å². The summed E-state index contributed by atoms with van der Waals surface area (Å²) in [5, 5.41) is 13.6. The van der Waals surface area contributed by atoms with Gasteiger partial charge in [0.05, 0.1) is 16.8 Å². The standard InChI is InChI=1S/C28H21NO3/c1-2-17-7-9-18(10-8-17)19-11-13-20(14-12-19)29-23-15-16-24(30)26-25(23)27(31)21-5-3-4-6-22(21)28(26)32/h3-16,29-30H,2H2,1H3. The first kappa shape index (κ1) is 19.8. The lowest BCUT2D eigenvalue weighted by atomic mass is 9.82. The Hall–Kier alpha value is -4.18. The van der Waals surface area contributed by atoms with Crippen LogP contribution in [-0.2, 0) is 6.42 Å². The van der Waals surface area contributed by atoms with Gasteiger partial charge in [-0.1, -0.05) is 67.6 Å². The highest BCUT2D eigenvalue weighted by Gasteiger charge is 2.33. The number of fused-ring (bicyclic) bond motifs is 2. The van der Waals surface area contributed by atoms with E-state index in [9.17, 15) is 14.7 Å². The van der Waals surface area contributed by atoms with Crippen LogP contribution in [0, 0.1) is 0 Å². The van der Waals surface area contributed by atoms with Crippen LogP contribution < -0.4 is 5.32 Å². The fourth-order valence-electron chi connectivity index (χ4n) is 4.14. The highest BCUT2D eigenvalue weighted by atomic mass is 16.3. The van der Waals surface area contributed by atoms with E-state index in [1.807, 2.05) is 24.3 Å². The summed E-state index contributed by atoms with van der Waals surface area (Å²) in [7, 11) is 0. The highest BCUT2D eigenvalue weighted by Crippen LogP contribution is 2.38. The quantitative estimate of drug-likeness (QED) is 0.343. The number of carbonyl (C=O) groups excluding carboxylic acids is 2. The first-order valence-electron chi connectivity index (χ1n) is 10.6. The molecule has 1 aliphatic rings. The maximum absolute atomic E-state index is 13.2. The number of rotatable bonds is 4. The molecule has 0 bridgehead atoms. The molecule has 4 aromatic rings. The van der Waals surface area contributed by atoms with Crippen LogP contribution in [0.4, 0.5) is 11.4 Å². The van der Waals surface area contributed by atoms with Crippen molar-refractivity contribution in [2.45, 2.75) is 13.3 Å². The predicted octanol–water partition coefficient (Wildman–Crippen LogP) is 6.14. The van der Waals surface area contributed by atoms with Gasteiger partial charge in [-0.15, -0.1) is 0 Å². The number of carbonyl (C=O) groups is 2. The molecule has 0 amide bonds. The van der Waals surface area contributed by atoms with Crippen LogP contribution >= 0.6 is 0 Å². The summed E-state index contributed by atoms with van der Waals surface area (Å²) in [4.78, 5) is 26.2. The van der Waals surface area contributed by atoms with E-state index in [4.69, 9.17) is 0 Å². The maximum Gasteiger partial charge on any atom is 0.198 e. The van der Waals surface area contributed by atoms with Gasteiger partial charge in [0.2, 0.25) is 0 Å². The van der Waals surface area contributed by atoms with E-state index in [1.54, 1.807) is 30.3 Å². The Labute approximate surface area is 186 Å². The van der Waals surface area contributed by atoms with Gasteiger partial charge in [0.15, 0.2) is 11.6 Å². The second-order valence-corrected chi connectivity index (χ2v) is 7.84. The van der Waals surface area contributed by atoms with E-state index in [2.05, 4.69) is 36.5 Å². The van der Waals surface area contributed by atoms with E-state index in [0.717, 1.165) is 23.2 Å². The molecule has 156 valence electrons. The minimum Gasteiger partial charge on any atom is -0.507 e. The second-order valence-electron chi connectivity index (χ2n) is 7.84. The molecule has 1 aliphatic carbocycles. The van der Waals surface area contributed by atoms with Gasteiger partial charge in [-0.2, -0.15) is 0 Å². The van der Waals surface area contributed by atoms with Crippen LogP contribution in [0.1, 0.15) is 44.3 Å². The highest BCUT2D eigenvalue weighted by molar-refractivity contribution is 6.31. The third-order valence-electron chi connectivity index (χ3n) is 5.91. The van der Waals surface area contributed by atoms with Crippen LogP contribution in [0.15, 0.2) is 84.9 Å². The van der Waals surface area contributed by atoms with Gasteiger partial charge < -0.3 is 10.4 Å². The molecule has 0 fully saturated rings. The fourth-order valence-corrected chi connectivity index (χ4v) is 4.14. The number of nitrogens with one attached hydrogen (secondary N) is 1. The molecule has 0 unspecified atom stereocenters. The first-order valence-corrected chi connectivity index (χ1v) is 10.6. The number of anilines is 2. The molecule has 32 heavy (non-hydrogen) atoms. The molecule has 4 heteroatoms. The lowest BCUT2D eigenvalue weighted by molar-refractivity contribution is 0.0977. The molecule has 4 nitrogen and oxygen atoms in total. The SMILES string of the molecule is CCc1ccc(-c2ccc(Nc3ccc(O)c4c3C(=O)c3ccccc3C4=O)cc2)cc1. The minimum absolute atomic E-state index is 0.0475. The van der Waals surface area contributed by atoms with Crippen molar-refractivity contribution in [1.29, 1.82) is 0 Å². The summed E-state index contributed by atoms with van der Waals surface area (Å²) in [6.45, 7) is 2.13. The Balaban J connectivity index is 1.49. The molecular weight excluding hydrogens is 398 g/mol. The molecule has 5 rings (SSSR count). The number of hydrogen-bond donors (Lipinski definition) is 2. The van der Waals surface area contributed by atoms with Gasteiger partial charge in [0.25, 0.3) is 0 Å². The summed E-state index contributed by atoms with van der Waals surface area (Å²) in [5.74, 6) is -0.812. The molecule has 0 saturated heterocycles. The van der Waals surface area contributed by atoms with E-state index in [0.29, 0.717) is 16.8 Å². The number of ketones is 2. The third-order valence-corrected chi connectivity index (χ3v) is 5.91. The van der Waals surface area contributed by atoms with Crippen molar-refractivity contribution in [3.63, 3.8) is 0 Å². The van der Waals surface area contributed by atoms with Gasteiger partial charge in [0.1, 0.15) is 5.75 Å². The molecule has 0 atom stereocenters. The van der Waals surface area contributed by atoms with Crippen LogP contribution in [0.2, 0.25) is 0 Å². The third kappa shape index (κ3) is 3.26. The van der Waals surface area contributed by atoms with Gasteiger partial charge >= 0.3 is 0 Å². The number of phenols is 1. The molecule has 2 N–H and O–H groups in total. The van der Waals surface area contributed by atoms with Gasteiger partial charge in [-0.3, -0.25) is 9.59 Å². The molecule has 0 saturated carbocycles. The normalized spacial score (nSPS) is 12.3. The molecule has 4 aromatic carbocycles. The Kier molecular flexibility index (Phi) is 4.83. The lowest BCUT2D eigenvalue weighted by Gasteiger charge is -2.21. The van der Waals surface area contributed by atoms with E-state index in [1.165, 1.54) is 11.6 Å². The number of phenolic OH excluding ortho intramolecular Hbond substituents is 1. The summed E-state index contributed by atoms with van der Waals surface area (Å²) >= 11 is 0. The van der Waals surface area contributed by atoms with Gasteiger partial charge in [-0.25, -0.2) is 0 Å². The molecule has 0 aliphatic heterocycles. The van der Waals surface area contributed by atoms with Crippen molar-refractivity contribution in [3.05, 3.63) is 113 Å². The average molecular weight is 419 g/mol. The van der Waals surface area contributed by atoms with E-state index >= 15 is 0 Å². The van der Waals surface area contributed by atoms with Crippen molar-refractivity contribution in [2.75, 3.05) is 5.32 Å². The monoisotopic (exact) mass is 419 g/mol. The van der Waals surface area contributed by atoms with Gasteiger partial charge in [0, 0.05) is 16.8 Å². The first-order chi connectivity index (χ1) is 15.6. The zero-order chi connectivity index (χ0) is 22.2. The predicted molar refractivity (Wildman–Crippen MR) is 126 cm³/mol.